The van der Waals surface area contributed by atoms with E-state index < -0.39 is 11.2 Å². The summed E-state index contributed by atoms with van der Waals surface area (Å²) in [6.45, 7) is 1.70. The van der Waals surface area contributed by atoms with Crippen molar-refractivity contribution in [2.75, 3.05) is 42.3 Å². The van der Waals surface area contributed by atoms with Gasteiger partial charge in [0.2, 0.25) is 10.1 Å². The van der Waals surface area contributed by atoms with Crippen molar-refractivity contribution in [3.8, 4) is 0 Å². The van der Waals surface area contributed by atoms with Gasteiger partial charge in [-0.1, -0.05) is 11.3 Å². The van der Waals surface area contributed by atoms with Crippen LogP contribution in [0.15, 0.2) is 24.3 Å². The molecule has 2 aromatic rings. The summed E-state index contributed by atoms with van der Waals surface area (Å²) in [5, 5.41) is 9.21. The maximum absolute atomic E-state index is 12.6. The largest absolute Gasteiger partial charge is 0.445 e. The molecule has 0 saturated carbocycles. The zero-order chi connectivity index (χ0) is 18.0. The highest BCUT2D eigenvalue weighted by atomic mass is 32.1. The fourth-order valence-electron chi connectivity index (χ4n) is 2.81. The van der Waals surface area contributed by atoms with E-state index in [0.717, 1.165) is 31.6 Å². The molecule has 9 heteroatoms. The van der Waals surface area contributed by atoms with Gasteiger partial charge in [0.15, 0.2) is 0 Å². The number of benzene rings is 1. The van der Waals surface area contributed by atoms with Crippen LogP contribution in [0.2, 0.25) is 0 Å². The van der Waals surface area contributed by atoms with Gasteiger partial charge < -0.3 is 15.1 Å². The minimum atomic E-state index is -4.43. The molecule has 25 heavy (non-hydrogen) atoms. The molecule has 1 N–H and O–H groups in total. The lowest BCUT2D eigenvalue weighted by Gasteiger charge is -2.34. The third-order valence-corrected chi connectivity index (χ3v) is 5.12. The first-order valence-corrected chi connectivity index (χ1v) is 8.84. The lowest BCUT2D eigenvalue weighted by molar-refractivity contribution is -0.138. The average molecular weight is 371 g/mol. The molecule has 0 bridgehead atoms. The molecule has 2 heterocycles. The number of nitrogens with zero attached hydrogens (tertiary/aromatic N) is 4. The highest BCUT2D eigenvalue weighted by Gasteiger charge is 2.36. The summed E-state index contributed by atoms with van der Waals surface area (Å²) in [4.78, 5) is 4.34. The number of nitrogens with one attached hydrogen (secondary N) is 1. The first-order chi connectivity index (χ1) is 11.8. The van der Waals surface area contributed by atoms with Gasteiger partial charge >= 0.3 is 6.18 Å². The normalized spacial score (nSPS) is 16.1. The van der Waals surface area contributed by atoms with Crippen molar-refractivity contribution in [3.05, 3.63) is 29.3 Å². The number of hydrogen-bond acceptors (Lipinski definition) is 6. The molecule has 0 radical (unpaired) electrons. The molecule has 5 nitrogen and oxygen atoms in total. The zero-order valence-electron chi connectivity index (χ0n) is 14.0. The number of anilines is 3. The van der Waals surface area contributed by atoms with E-state index in [9.17, 15) is 13.2 Å². The summed E-state index contributed by atoms with van der Waals surface area (Å²) in [5.41, 5.74) is 2.32. The van der Waals surface area contributed by atoms with Crippen molar-refractivity contribution in [3.63, 3.8) is 0 Å². The lowest BCUT2D eigenvalue weighted by atomic mass is 10.0. The van der Waals surface area contributed by atoms with Crippen LogP contribution in [0.1, 0.15) is 17.8 Å². The van der Waals surface area contributed by atoms with Crippen molar-refractivity contribution < 1.29 is 13.2 Å². The van der Waals surface area contributed by atoms with Crippen LogP contribution in [0.25, 0.3) is 0 Å². The fourth-order valence-corrected chi connectivity index (χ4v) is 3.50. The Hall–Kier alpha value is -2.03. The Balaban J connectivity index is 1.54. The van der Waals surface area contributed by atoms with Crippen molar-refractivity contribution in [2.45, 2.75) is 25.1 Å². The molecule has 0 spiro atoms. The number of hydrogen-bond donors (Lipinski definition) is 1. The molecule has 1 aliphatic heterocycles. The Bertz CT molecular complexity index is 691. The van der Waals surface area contributed by atoms with E-state index in [-0.39, 0.29) is 11.2 Å². The molecule has 0 atom stereocenters. The molecular formula is C16H20F3N5S. The summed E-state index contributed by atoms with van der Waals surface area (Å²) in [6, 6.07) is 8.48. The molecule has 1 fully saturated rings. The minimum Gasteiger partial charge on any atom is -0.378 e. The van der Waals surface area contributed by atoms with E-state index in [1.165, 1.54) is 5.69 Å². The van der Waals surface area contributed by atoms with Gasteiger partial charge in [-0.05, 0) is 37.1 Å². The highest BCUT2D eigenvalue weighted by Crippen LogP contribution is 2.33. The van der Waals surface area contributed by atoms with Gasteiger partial charge in [-0.3, -0.25) is 0 Å². The third kappa shape index (κ3) is 4.33. The monoisotopic (exact) mass is 371 g/mol. The Morgan fingerprint density at radius 2 is 1.76 bits per heavy atom. The highest BCUT2D eigenvalue weighted by molar-refractivity contribution is 7.15. The van der Waals surface area contributed by atoms with Crippen LogP contribution in [-0.2, 0) is 6.18 Å². The maximum Gasteiger partial charge on any atom is 0.445 e. The van der Waals surface area contributed by atoms with E-state index >= 15 is 0 Å². The minimum absolute atomic E-state index is 0.117. The van der Waals surface area contributed by atoms with Crippen molar-refractivity contribution >= 4 is 27.8 Å². The standard InChI is InChI=1S/C16H20F3N5S/c1-23(2)12-3-5-13(6-4-12)24-9-7-11(8-10-24)20-15-22-21-14(25-15)16(17,18)19/h3-6,11H,7-10H2,1-2H3,(H,20,22). The molecule has 1 aromatic heterocycles. The van der Waals surface area contributed by atoms with Crippen molar-refractivity contribution in [1.29, 1.82) is 0 Å². The predicted octanol–water partition coefficient (Wildman–Crippen LogP) is 3.70. The summed E-state index contributed by atoms with van der Waals surface area (Å²) in [6.07, 6.45) is -2.74. The lowest BCUT2D eigenvalue weighted by Crippen LogP contribution is -2.39. The van der Waals surface area contributed by atoms with Crippen LogP contribution in [0.3, 0.4) is 0 Å². The molecule has 1 saturated heterocycles. The predicted molar refractivity (Wildman–Crippen MR) is 94.5 cm³/mol. The zero-order valence-corrected chi connectivity index (χ0v) is 14.9. The van der Waals surface area contributed by atoms with Crippen LogP contribution in [0.5, 0.6) is 0 Å². The molecule has 136 valence electrons. The molecule has 1 aliphatic rings. The number of alkyl halides is 3. The molecule has 0 amide bonds. The second-order valence-electron chi connectivity index (χ2n) is 6.23. The van der Waals surface area contributed by atoms with Crippen LogP contribution in [0.4, 0.5) is 29.7 Å². The summed E-state index contributed by atoms with van der Waals surface area (Å²) in [5.74, 6) is 0. The van der Waals surface area contributed by atoms with Crippen LogP contribution in [-0.4, -0.2) is 43.4 Å². The number of rotatable bonds is 4. The Morgan fingerprint density at radius 1 is 1.12 bits per heavy atom. The van der Waals surface area contributed by atoms with E-state index in [4.69, 9.17) is 0 Å². The van der Waals surface area contributed by atoms with Crippen LogP contribution in [0, 0.1) is 0 Å². The van der Waals surface area contributed by atoms with Crippen LogP contribution < -0.4 is 15.1 Å². The van der Waals surface area contributed by atoms with E-state index in [1.54, 1.807) is 0 Å². The fraction of sp³-hybridized carbons (Fsp3) is 0.500. The Kier molecular flexibility index (Phi) is 5.03. The van der Waals surface area contributed by atoms with Crippen molar-refractivity contribution in [1.82, 2.24) is 10.2 Å². The first-order valence-electron chi connectivity index (χ1n) is 8.02. The van der Waals surface area contributed by atoms with Gasteiger partial charge in [-0.2, -0.15) is 13.2 Å². The average Bonchev–Trinajstić information content (AvgIpc) is 3.04. The van der Waals surface area contributed by atoms with Gasteiger partial charge in [0.05, 0.1) is 0 Å². The first kappa shape index (κ1) is 17.8. The van der Waals surface area contributed by atoms with Gasteiger partial charge in [-0.25, -0.2) is 0 Å². The number of aromatic nitrogens is 2. The SMILES string of the molecule is CN(C)c1ccc(N2CCC(Nc3nnc(C(F)(F)F)s3)CC2)cc1. The smallest absolute Gasteiger partial charge is 0.378 e. The van der Waals surface area contributed by atoms with Crippen molar-refractivity contribution in [2.24, 2.45) is 0 Å². The summed E-state index contributed by atoms with van der Waals surface area (Å²) < 4.78 is 37.7. The van der Waals surface area contributed by atoms with Gasteiger partial charge in [0.1, 0.15) is 0 Å². The topological polar surface area (TPSA) is 44.3 Å². The maximum atomic E-state index is 12.6. The van der Waals surface area contributed by atoms with Gasteiger partial charge in [0, 0.05) is 44.6 Å². The second kappa shape index (κ2) is 7.07. The van der Waals surface area contributed by atoms with E-state index in [0.29, 0.717) is 11.3 Å². The molecule has 3 rings (SSSR count). The van der Waals surface area contributed by atoms with E-state index in [1.807, 2.05) is 14.1 Å². The molecule has 0 unspecified atom stereocenters. The number of halogens is 3. The third-order valence-electron chi connectivity index (χ3n) is 4.22. The molecule has 1 aromatic carbocycles. The van der Waals surface area contributed by atoms with Gasteiger partial charge in [0.25, 0.3) is 0 Å². The quantitative estimate of drug-likeness (QED) is 0.888. The summed E-state index contributed by atoms with van der Waals surface area (Å²) >= 11 is 0.558. The van der Waals surface area contributed by atoms with E-state index in [2.05, 4.69) is 49.6 Å². The Morgan fingerprint density at radius 3 is 2.28 bits per heavy atom. The summed E-state index contributed by atoms with van der Waals surface area (Å²) in [7, 11) is 4.01. The molecular weight excluding hydrogens is 351 g/mol. The van der Waals surface area contributed by atoms with Gasteiger partial charge in [-0.15, -0.1) is 10.2 Å². The second-order valence-corrected chi connectivity index (χ2v) is 7.20. The number of piperidine rings is 1. The molecule has 0 aliphatic carbocycles. The Labute approximate surface area is 148 Å². The van der Waals surface area contributed by atoms with Crippen LogP contribution >= 0.6 is 11.3 Å².